The molecule has 21 heavy (non-hydrogen) atoms. The SMILES string of the molecule is CNC(=O)c1ccc(N(C)[C@H](C)C[S@@](C)=O)c([N+](=O)[O-])c1. The molecule has 0 unspecified atom stereocenters. The van der Waals surface area contributed by atoms with Gasteiger partial charge in [0.15, 0.2) is 0 Å². The van der Waals surface area contributed by atoms with Gasteiger partial charge in [0.1, 0.15) is 5.69 Å². The standard InChI is InChI=1S/C13H19N3O4S/c1-9(8-21(4)20)15(3)11-6-5-10(13(17)14-2)7-12(11)16(18)19/h5-7,9H,8H2,1-4H3,(H,14,17)/t9-,21-/m1/s1. The van der Waals surface area contributed by atoms with E-state index in [0.29, 0.717) is 11.4 Å². The number of hydrogen-bond donors (Lipinski definition) is 1. The molecule has 1 N–H and O–H groups in total. The van der Waals surface area contributed by atoms with Crippen LogP contribution in [0, 0.1) is 10.1 Å². The van der Waals surface area contributed by atoms with Crippen LogP contribution in [-0.4, -0.2) is 47.2 Å². The number of nitro groups is 1. The molecule has 0 aliphatic heterocycles. The fourth-order valence-electron chi connectivity index (χ4n) is 1.94. The number of rotatable bonds is 6. The van der Waals surface area contributed by atoms with Crippen LogP contribution in [0.4, 0.5) is 11.4 Å². The zero-order chi connectivity index (χ0) is 16.2. The molecule has 0 spiro atoms. The highest BCUT2D eigenvalue weighted by Crippen LogP contribution is 2.29. The van der Waals surface area contributed by atoms with Gasteiger partial charge in [-0.1, -0.05) is 0 Å². The molecule has 1 rings (SSSR count). The molecule has 0 aliphatic rings. The summed E-state index contributed by atoms with van der Waals surface area (Å²) in [5.41, 5.74) is 0.478. The predicted molar refractivity (Wildman–Crippen MR) is 83.3 cm³/mol. The number of hydrogen-bond acceptors (Lipinski definition) is 5. The van der Waals surface area contributed by atoms with Gasteiger partial charge in [0.05, 0.1) is 4.92 Å². The fraction of sp³-hybridized carbons (Fsp3) is 0.462. The molecule has 0 saturated carbocycles. The van der Waals surface area contributed by atoms with Crippen molar-refractivity contribution in [1.29, 1.82) is 0 Å². The molecule has 0 aromatic heterocycles. The van der Waals surface area contributed by atoms with E-state index in [1.165, 1.54) is 25.2 Å². The first kappa shape index (κ1) is 17.1. The Balaban J connectivity index is 3.20. The first-order chi connectivity index (χ1) is 9.77. The zero-order valence-corrected chi connectivity index (χ0v) is 13.3. The average molecular weight is 313 g/mol. The summed E-state index contributed by atoms with van der Waals surface area (Å²) in [6.07, 6.45) is 1.59. The van der Waals surface area contributed by atoms with E-state index in [1.807, 2.05) is 6.92 Å². The van der Waals surface area contributed by atoms with Gasteiger partial charge in [0, 0.05) is 54.6 Å². The van der Waals surface area contributed by atoms with E-state index in [1.54, 1.807) is 18.2 Å². The highest BCUT2D eigenvalue weighted by Gasteiger charge is 2.22. The largest absolute Gasteiger partial charge is 0.365 e. The second kappa shape index (κ2) is 7.16. The van der Waals surface area contributed by atoms with E-state index in [0.717, 1.165) is 0 Å². The second-order valence-corrected chi connectivity index (χ2v) is 6.22. The van der Waals surface area contributed by atoms with E-state index in [2.05, 4.69) is 5.32 Å². The first-order valence-corrected chi connectivity index (χ1v) is 8.04. The smallest absolute Gasteiger partial charge is 0.293 e. The maximum Gasteiger partial charge on any atom is 0.293 e. The van der Waals surface area contributed by atoms with Crippen molar-refractivity contribution in [2.24, 2.45) is 0 Å². The zero-order valence-electron chi connectivity index (χ0n) is 12.5. The maximum absolute atomic E-state index is 11.6. The highest BCUT2D eigenvalue weighted by atomic mass is 32.2. The number of anilines is 1. The summed E-state index contributed by atoms with van der Waals surface area (Å²) in [4.78, 5) is 24.0. The minimum Gasteiger partial charge on any atom is -0.365 e. The van der Waals surface area contributed by atoms with Crippen LogP contribution in [-0.2, 0) is 10.8 Å². The lowest BCUT2D eigenvalue weighted by molar-refractivity contribution is -0.384. The van der Waals surface area contributed by atoms with Gasteiger partial charge in [0.25, 0.3) is 11.6 Å². The van der Waals surface area contributed by atoms with Crippen molar-refractivity contribution >= 4 is 28.1 Å². The van der Waals surface area contributed by atoms with E-state index >= 15 is 0 Å². The predicted octanol–water partition coefficient (Wildman–Crippen LogP) is 1.16. The number of nitrogens with one attached hydrogen (secondary N) is 1. The number of nitro benzene ring substituents is 1. The number of carbonyl (C=O) groups excluding carboxylic acids is 1. The fourth-order valence-corrected chi connectivity index (χ4v) is 2.85. The highest BCUT2D eigenvalue weighted by molar-refractivity contribution is 7.84. The summed E-state index contributed by atoms with van der Waals surface area (Å²) in [5.74, 6) is 0.0280. The summed E-state index contributed by atoms with van der Waals surface area (Å²) in [6.45, 7) is 1.85. The number of benzene rings is 1. The summed E-state index contributed by atoms with van der Waals surface area (Å²) in [5, 5.41) is 13.7. The van der Waals surface area contributed by atoms with Crippen molar-refractivity contribution in [2.75, 3.05) is 31.0 Å². The lowest BCUT2D eigenvalue weighted by atomic mass is 10.1. The minimum atomic E-state index is -0.996. The molecular formula is C13H19N3O4S. The molecule has 1 aromatic rings. The summed E-state index contributed by atoms with van der Waals surface area (Å²) in [7, 11) is 2.18. The van der Waals surface area contributed by atoms with Crippen molar-refractivity contribution in [1.82, 2.24) is 5.32 Å². The molecule has 1 aromatic carbocycles. The molecule has 8 heteroatoms. The molecule has 0 fully saturated rings. The lowest BCUT2D eigenvalue weighted by Crippen LogP contribution is -2.33. The number of nitrogens with zero attached hydrogens (tertiary/aromatic N) is 2. The molecule has 2 atom stereocenters. The minimum absolute atomic E-state index is 0.125. The van der Waals surface area contributed by atoms with Crippen LogP contribution in [0.5, 0.6) is 0 Å². The molecule has 1 amide bonds. The van der Waals surface area contributed by atoms with Gasteiger partial charge in [-0.2, -0.15) is 0 Å². The summed E-state index contributed by atoms with van der Waals surface area (Å²) < 4.78 is 11.3. The van der Waals surface area contributed by atoms with Crippen LogP contribution in [0.2, 0.25) is 0 Å². The Labute approximate surface area is 125 Å². The second-order valence-electron chi connectivity index (χ2n) is 4.74. The number of amides is 1. The van der Waals surface area contributed by atoms with Crippen molar-refractivity contribution in [2.45, 2.75) is 13.0 Å². The van der Waals surface area contributed by atoms with Crippen molar-refractivity contribution in [3.05, 3.63) is 33.9 Å². The summed E-state index contributed by atoms with van der Waals surface area (Å²) in [6, 6.07) is 4.20. The van der Waals surface area contributed by atoms with Crippen LogP contribution in [0.3, 0.4) is 0 Å². The van der Waals surface area contributed by atoms with Crippen molar-refractivity contribution in [3.8, 4) is 0 Å². The topological polar surface area (TPSA) is 92.6 Å². The van der Waals surface area contributed by atoms with Gasteiger partial charge in [0.2, 0.25) is 0 Å². The Hall–Kier alpha value is -1.96. The number of carbonyl (C=O) groups is 1. The quantitative estimate of drug-likeness (QED) is 0.628. The Morgan fingerprint density at radius 3 is 2.62 bits per heavy atom. The molecular weight excluding hydrogens is 294 g/mol. The van der Waals surface area contributed by atoms with E-state index < -0.39 is 15.7 Å². The molecule has 116 valence electrons. The summed E-state index contributed by atoms with van der Waals surface area (Å²) >= 11 is 0. The Morgan fingerprint density at radius 1 is 1.52 bits per heavy atom. The maximum atomic E-state index is 11.6. The molecule has 0 bridgehead atoms. The van der Waals surface area contributed by atoms with Crippen LogP contribution in [0.1, 0.15) is 17.3 Å². The van der Waals surface area contributed by atoms with Crippen LogP contribution in [0.15, 0.2) is 18.2 Å². The van der Waals surface area contributed by atoms with Gasteiger partial charge >= 0.3 is 0 Å². The third-order valence-electron chi connectivity index (χ3n) is 3.18. The van der Waals surface area contributed by atoms with Crippen LogP contribution >= 0.6 is 0 Å². The lowest BCUT2D eigenvalue weighted by Gasteiger charge is -2.26. The van der Waals surface area contributed by atoms with Crippen LogP contribution in [0.25, 0.3) is 0 Å². The molecule has 0 radical (unpaired) electrons. The van der Waals surface area contributed by atoms with Gasteiger partial charge in [-0.25, -0.2) is 0 Å². The van der Waals surface area contributed by atoms with Crippen molar-refractivity contribution in [3.63, 3.8) is 0 Å². The first-order valence-electron chi connectivity index (χ1n) is 6.31. The average Bonchev–Trinajstić information content (AvgIpc) is 2.44. The van der Waals surface area contributed by atoms with Gasteiger partial charge in [-0.05, 0) is 19.1 Å². The van der Waals surface area contributed by atoms with E-state index in [-0.39, 0.29) is 23.2 Å². The Bertz CT molecular complexity index is 577. The molecule has 7 nitrogen and oxygen atoms in total. The van der Waals surface area contributed by atoms with Gasteiger partial charge < -0.3 is 10.2 Å². The monoisotopic (exact) mass is 313 g/mol. The van der Waals surface area contributed by atoms with E-state index in [9.17, 15) is 19.1 Å². The third kappa shape index (κ3) is 4.25. The normalized spacial score (nSPS) is 13.3. The Morgan fingerprint density at radius 2 is 2.14 bits per heavy atom. The molecule has 0 saturated heterocycles. The van der Waals surface area contributed by atoms with Crippen LogP contribution < -0.4 is 10.2 Å². The van der Waals surface area contributed by atoms with E-state index in [4.69, 9.17) is 0 Å². The van der Waals surface area contributed by atoms with Crippen molar-refractivity contribution < 1.29 is 13.9 Å². The Kier molecular flexibility index (Phi) is 5.83. The molecule has 0 heterocycles. The molecule has 0 aliphatic carbocycles. The van der Waals surface area contributed by atoms with Gasteiger partial charge in [-0.3, -0.25) is 19.1 Å². The van der Waals surface area contributed by atoms with Gasteiger partial charge in [-0.15, -0.1) is 0 Å². The third-order valence-corrected chi connectivity index (χ3v) is 4.13.